The normalized spacial score (nSPS) is 17.1. The molecule has 4 atom stereocenters. The number of carbonyl (C=O) groups is 1. The highest BCUT2D eigenvalue weighted by Crippen LogP contribution is 2.04. The van der Waals surface area contributed by atoms with Crippen LogP contribution in [-0.2, 0) is 14.4 Å². The van der Waals surface area contributed by atoms with E-state index in [1.54, 1.807) is 0 Å². The third-order valence-corrected chi connectivity index (χ3v) is 1.51. The van der Waals surface area contributed by atoms with Gasteiger partial charge >= 0.3 is 12.1 Å². The molecule has 0 radical (unpaired) electrons. The fraction of sp³-hybridized carbons (Fsp3) is 0.714. The van der Waals surface area contributed by atoms with Gasteiger partial charge in [-0.3, -0.25) is 0 Å². The van der Waals surface area contributed by atoms with Gasteiger partial charge in [-0.15, -0.1) is 0 Å². The van der Waals surface area contributed by atoms with Gasteiger partial charge in [0.2, 0.25) is 0 Å². The second-order valence-corrected chi connectivity index (χ2v) is 2.60. The molecule has 0 aliphatic carbocycles. The zero-order chi connectivity index (χ0) is 13.3. The Morgan fingerprint density at radius 1 is 1.06 bits per heavy atom. The molecule has 0 saturated heterocycles. The largest absolute Gasteiger partial charge is 0.479 e. The number of hydrogen-bond acceptors (Lipinski definition) is 8. The molecule has 0 rings (SSSR count). The van der Waals surface area contributed by atoms with Gasteiger partial charge in [0.1, 0.15) is 18.3 Å². The number of carboxylic acid groups (broad SMARTS) is 1. The molecule has 0 amide bonds. The van der Waals surface area contributed by atoms with E-state index in [4.69, 9.17) is 40.2 Å². The van der Waals surface area contributed by atoms with Crippen molar-refractivity contribution >= 4 is 12.1 Å². The number of aliphatic carboxylic acids is 1. The summed E-state index contributed by atoms with van der Waals surface area (Å²) in [6.45, 7) is -0.843. The van der Waals surface area contributed by atoms with Crippen molar-refractivity contribution in [3.63, 3.8) is 0 Å². The summed E-state index contributed by atoms with van der Waals surface area (Å²) in [5.41, 5.74) is 0. The van der Waals surface area contributed by atoms with Gasteiger partial charge in [-0.1, -0.05) is 0 Å². The number of carboxylic acids is 1. The molecule has 94 valence electrons. The van der Waals surface area contributed by atoms with Crippen LogP contribution >= 0.6 is 0 Å². The van der Waals surface area contributed by atoms with Crippen LogP contribution in [0, 0.1) is 0 Å². The van der Waals surface area contributed by atoms with E-state index in [2.05, 4.69) is 0 Å². The summed E-state index contributed by atoms with van der Waals surface area (Å²) in [5, 5.41) is 51.8. The minimum atomic E-state index is -2.20. The minimum absolute atomic E-state index is 0.250. The van der Waals surface area contributed by atoms with Gasteiger partial charge in [0.25, 0.3) is 0 Å². The molecule has 0 saturated carbocycles. The Morgan fingerprint density at radius 3 is 1.69 bits per heavy atom. The van der Waals surface area contributed by atoms with Crippen LogP contribution in [0.5, 0.6) is 0 Å². The van der Waals surface area contributed by atoms with E-state index < -0.39 is 37.0 Å². The average molecular weight is 240 g/mol. The first kappa shape index (κ1) is 17.1. The van der Waals surface area contributed by atoms with Crippen molar-refractivity contribution in [1.29, 1.82) is 0 Å². The lowest BCUT2D eigenvalue weighted by molar-refractivity contribution is -0.191. The van der Waals surface area contributed by atoms with Crippen LogP contribution in [-0.4, -0.2) is 73.8 Å². The standard InChI is InChI=1S/C6H12O7.CO2/c7-1-2(8)3(9)4(10)5(11)6(12)13;2-1-3/h2-5,7-11H,1H2,(H,12,13);/t2-,3-,4+,5-;/m1./s1. The Labute approximate surface area is 89.2 Å². The lowest BCUT2D eigenvalue weighted by Crippen LogP contribution is -2.48. The smallest absolute Gasteiger partial charge is 0.373 e. The van der Waals surface area contributed by atoms with Crippen LogP contribution in [0.15, 0.2) is 0 Å². The third kappa shape index (κ3) is 6.19. The minimum Gasteiger partial charge on any atom is -0.479 e. The van der Waals surface area contributed by atoms with Crippen molar-refractivity contribution < 1.29 is 45.0 Å². The molecule has 0 spiro atoms. The molecule has 0 fully saturated rings. The second kappa shape index (κ2) is 8.92. The molecule has 0 unspecified atom stereocenters. The molecule has 0 aromatic rings. The molecule has 16 heavy (non-hydrogen) atoms. The maximum Gasteiger partial charge on any atom is 0.373 e. The molecule has 0 bridgehead atoms. The lowest BCUT2D eigenvalue weighted by Gasteiger charge is -2.23. The predicted molar refractivity (Wildman–Crippen MR) is 43.8 cm³/mol. The highest BCUT2D eigenvalue weighted by Gasteiger charge is 2.33. The van der Waals surface area contributed by atoms with Crippen molar-refractivity contribution in [3.05, 3.63) is 0 Å². The van der Waals surface area contributed by atoms with Gasteiger partial charge in [0.05, 0.1) is 6.61 Å². The van der Waals surface area contributed by atoms with Gasteiger partial charge < -0.3 is 30.6 Å². The second-order valence-electron chi connectivity index (χ2n) is 2.60. The molecule has 9 heteroatoms. The number of carbonyl (C=O) groups excluding carboxylic acids is 2. The fourth-order valence-corrected chi connectivity index (χ4v) is 0.668. The number of rotatable bonds is 5. The van der Waals surface area contributed by atoms with Crippen molar-refractivity contribution in [3.8, 4) is 0 Å². The molecule has 0 aliphatic heterocycles. The topological polar surface area (TPSA) is 173 Å². The summed E-state index contributed by atoms with van der Waals surface area (Å²) in [5.74, 6) is -1.73. The van der Waals surface area contributed by atoms with Crippen molar-refractivity contribution in [2.24, 2.45) is 0 Å². The molecule has 6 N–H and O–H groups in total. The third-order valence-electron chi connectivity index (χ3n) is 1.51. The Morgan fingerprint density at radius 2 is 1.44 bits per heavy atom. The van der Waals surface area contributed by atoms with E-state index in [9.17, 15) is 4.79 Å². The molecule has 0 heterocycles. The number of aliphatic hydroxyl groups excluding tert-OH is 5. The van der Waals surface area contributed by atoms with Crippen molar-refractivity contribution in [2.75, 3.05) is 6.61 Å². The quantitative estimate of drug-likeness (QED) is 0.279. The SMILES string of the molecule is O=C(O)[C@H](O)[C@@H](O)[C@H](O)[C@H](O)CO.O=C=O. The molecule has 0 aromatic carbocycles. The van der Waals surface area contributed by atoms with Crippen molar-refractivity contribution in [2.45, 2.75) is 24.4 Å². The Bertz CT molecular complexity index is 234. The summed E-state index contributed by atoms with van der Waals surface area (Å²) in [6, 6.07) is 0. The van der Waals surface area contributed by atoms with E-state index >= 15 is 0 Å². The van der Waals surface area contributed by atoms with Gasteiger partial charge in [-0.2, -0.15) is 9.59 Å². The fourth-order valence-electron chi connectivity index (χ4n) is 0.668. The number of hydrogen-bond donors (Lipinski definition) is 6. The summed E-state index contributed by atoms with van der Waals surface area (Å²) in [6.07, 6.45) is -7.59. The number of aliphatic hydroxyl groups is 5. The van der Waals surface area contributed by atoms with Crippen LogP contribution in [0.4, 0.5) is 0 Å². The molecular formula is C7H12O9. The molecule has 0 aliphatic rings. The molecule has 0 aromatic heterocycles. The summed E-state index contributed by atoms with van der Waals surface area (Å²) < 4.78 is 0. The first-order chi connectivity index (χ1) is 7.33. The Hall–Kier alpha value is -1.35. The molecular weight excluding hydrogens is 228 g/mol. The van der Waals surface area contributed by atoms with Crippen LogP contribution in [0.1, 0.15) is 0 Å². The van der Waals surface area contributed by atoms with E-state index in [1.807, 2.05) is 0 Å². The summed E-state index contributed by atoms with van der Waals surface area (Å²) >= 11 is 0. The van der Waals surface area contributed by atoms with Gasteiger partial charge in [0, 0.05) is 0 Å². The van der Waals surface area contributed by atoms with Crippen LogP contribution in [0.3, 0.4) is 0 Å². The highest BCUT2D eigenvalue weighted by molar-refractivity contribution is 5.72. The van der Waals surface area contributed by atoms with E-state index in [0.29, 0.717) is 0 Å². The predicted octanol–water partition coefficient (Wildman–Crippen LogP) is -4.08. The lowest BCUT2D eigenvalue weighted by atomic mass is 10.0. The first-order valence-electron chi connectivity index (χ1n) is 3.88. The van der Waals surface area contributed by atoms with Gasteiger partial charge in [-0.05, 0) is 0 Å². The molecule has 9 nitrogen and oxygen atoms in total. The Kier molecular flexibility index (Phi) is 9.51. The van der Waals surface area contributed by atoms with Crippen LogP contribution in [0.2, 0.25) is 0 Å². The van der Waals surface area contributed by atoms with Crippen LogP contribution in [0.25, 0.3) is 0 Å². The van der Waals surface area contributed by atoms with E-state index in [1.165, 1.54) is 0 Å². The monoisotopic (exact) mass is 240 g/mol. The maximum absolute atomic E-state index is 10.1. The van der Waals surface area contributed by atoms with Gasteiger partial charge in [-0.25, -0.2) is 4.79 Å². The van der Waals surface area contributed by atoms with Gasteiger partial charge in [0.15, 0.2) is 6.10 Å². The van der Waals surface area contributed by atoms with Crippen LogP contribution < -0.4 is 0 Å². The maximum atomic E-state index is 10.1. The van der Waals surface area contributed by atoms with E-state index in [-0.39, 0.29) is 6.15 Å². The summed E-state index contributed by atoms with van der Waals surface area (Å²) in [7, 11) is 0. The highest BCUT2D eigenvalue weighted by atomic mass is 16.4. The zero-order valence-corrected chi connectivity index (χ0v) is 7.92. The van der Waals surface area contributed by atoms with Crippen molar-refractivity contribution in [1.82, 2.24) is 0 Å². The zero-order valence-electron chi connectivity index (χ0n) is 7.92. The Balaban J connectivity index is 0. The first-order valence-corrected chi connectivity index (χ1v) is 3.88. The summed E-state index contributed by atoms with van der Waals surface area (Å²) in [4.78, 5) is 26.3. The van der Waals surface area contributed by atoms with E-state index in [0.717, 1.165) is 0 Å². The average Bonchev–Trinajstić information content (AvgIpc) is 2.25.